The minimum atomic E-state index is -0.00203. The Morgan fingerprint density at radius 1 is 1.33 bits per heavy atom. The van der Waals surface area contributed by atoms with Gasteiger partial charge in [0, 0.05) is 0 Å². The summed E-state index contributed by atoms with van der Waals surface area (Å²) in [6.45, 7) is 7.16. The number of aliphatic hydroxyl groups excluding tert-OH is 1. The number of hydrogen-bond acceptors (Lipinski definition) is 1. The molecule has 1 N–H and O–H groups in total. The van der Waals surface area contributed by atoms with Gasteiger partial charge in [-0.2, -0.15) is 0 Å². The fourth-order valence-corrected chi connectivity index (χ4v) is 4.41. The average molecular weight is 210 g/mol. The SMILES string of the molecule is CC[C@@H](C)[C@H]1CC[C@H]2[C@@H](O)CCC[C@]12C. The quantitative estimate of drug-likeness (QED) is 0.738. The summed E-state index contributed by atoms with van der Waals surface area (Å²) in [5, 5.41) is 10.1. The Labute approximate surface area is 94.3 Å². The molecule has 0 amide bonds. The van der Waals surface area contributed by atoms with Gasteiger partial charge in [0.1, 0.15) is 0 Å². The molecular formula is C14H26O. The highest BCUT2D eigenvalue weighted by molar-refractivity contribution is 5.01. The second kappa shape index (κ2) is 4.08. The molecule has 0 radical (unpaired) electrons. The maximum Gasteiger partial charge on any atom is 0.0573 e. The van der Waals surface area contributed by atoms with E-state index in [1.165, 1.54) is 32.1 Å². The van der Waals surface area contributed by atoms with Gasteiger partial charge in [-0.3, -0.25) is 0 Å². The molecule has 2 saturated carbocycles. The van der Waals surface area contributed by atoms with E-state index in [0.29, 0.717) is 11.3 Å². The lowest BCUT2D eigenvalue weighted by atomic mass is 9.61. The smallest absolute Gasteiger partial charge is 0.0573 e. The van der Waals surface area contributed by atoms with Gasteiger partial charge < -0.3 is 5.11 Å². The highest BCUT2D eigenvalue weighted by Gasteiger charge is 2.51. The molecule has 2 aliphatic rings. The Hall–Kier alpha value is -0.0400. The Kier molecular flexibility index (Phi) is 3.12. The number of aliphatic hydroxyl groups is 1. The molecule has 0 spiro atoms. The van der Waals surface area contributed by atoms with Gasteiger partial charge in [0.15, 0.2) is 0 Å². The van der Waals surface area contributed by atoms with E-state index in [1.807, 2.05) is 0 Å². The van der Waals surface area contributed by atoms with Crippen LogP contribution in [0.5, 0.6) is 0 Å². The van der Waals surface area contributed by atoms with Crippen LogP contribution in [0, 0.1) is 23.2 Å². The van der Waals surface area contributed by atoms with E-state index in [1.54, 1.807) is 0 Å². The summed E-state index contributed by atoms with van der Waals surface area (Å²) < 4.78 is 0. The summed E-state index contributed by atoms with van der Waals surface area (Å²) in [5.41, 5.74) is 0.451. The summed E-state index contributed by atoms with van der Waals surface area (Å²) in [6, 6.07) is 0. The van der Waals surface area contributed by atoms with Crippen molar-refractivity contribution in [2.45, 2.75) is 65.4 Å². The van der Waals surface area contributed by atoms with Crippen molar-refractivity contribution in [3.63, 3.8) is 0 Å². The zero-order valence-electron chi connectivity index (χ0n) is 10.5. The van der Waals surface area contributed by atoms with E-state index < -0.39 is 0 Å². The van der Waals surface area contributed by atoms with E-state index in [9.17, 15) is 5.11 Å². The molecule has 88 valence electrons. The van der Waals surface area contributed by atoms with Gasteiger partial charge in [0.05, 0.1) is 6.10 Å². The lowest BCUT2D eigenvalue weighted by molar-refractivity contribution is -0.0272. The van der Waals surface area contributed by atoms with Gasteiger partial charge in [-0.25, -0.2) is 0 Å². The molecule has 15 heavy (non-hydrogen) atoms. The highest BCUT2D eigenvalue weighted by atomic mass is 16.3. The van der Waals surface area contributed by atoms with E-state index >= 15 is 0 Å². The first-order valence-corrected chi connectivity index (χ1v) is 6.77. The molecule has 2 rings (SSSR count). The van der Waals surface area contributed by atoms with Gasteiger partial charge >= 0.3 is 0 Å². The molecule has 2 aliphatic carbocycles. The lowest BCUT2D eigenvalue weighted by Crippen LogP contribution is -2.41. The topological polar surface area (TPSA) is 20.2 Å². The summed E-state index contributed by atoms with van der Waals surface area (Å²) >= 11 is 0. The third-order valence-corrected chi connectivity index (χ3v) is 5.49. The van der Waals surface area contributed by atoms with Crippen LogP contribution in [-0.2, 0) is 0 Å². The molecule has 1 nitrogen and oxygen atoms in total. The fourth-order valence-electron chi connectivity index (χ4n) is 4.41. The van der Waals surface area contributed by atoms with Crippen LogP contribution in [0.4, 0.5) is 0 Å². The second-order valence-electron chi connectivity index (χ2n) is 6.14. The molecule has 0 aromatic heterocycles. The predicted molar refractivity (Wildman–Crippen MR) is 63.6 cm³/mol. The highest BCUT2D eigenvalue weighted by Crippen LogP contribution is 2.57. The van der Waals surface area contributed by atoms with Crippen LogP contribution in [0.1, 0.15) is 59.3 Å². The molecule has 2 fully saturated rings. The molecule has 0 saturated heterocycles. The van der Waals surface area contributed by atoms with Gasteiger partial charge in [0.2, 0.25) is 0 Å². The largest absolute Gasteiger partial charge is 0.393 e. The van der Waals surface area contributed by atoms with Crippen molar-refractivity contribution in [3.05, 3.63) is 0 Å². The lowest BCUT2D eigenvalue weighted by Gasteiger charge is -2.45. The van der Waals surface area contributed by atoms with Gasteiger partial charge in [-0.1, -0.05) is 33.6 Å². The monoisotopic (exact) mass is 210 g/mol. The van der Waals surface area contributed by atoms with Crippen LogP contribution < -0.4 is 0 Å². The zero-order chi connectivity index (χ0) is 11.1. The first-order valence-electron chi connectivity index (χ1n) is 6.77. The van der Waals surface area contributed by atoms with Crippen molar-refractivity contribution in [3.8, 4) is 0 Å². The Bertz CT molecular complexity index is 225. The minimum Gasteiger partial charge on any atom is -0.393 e. The van der Waals surface area contributed by atoms with E-state index in [0.717, 1.165) is 18.3 Å². The van der Waals surface area contributed by atoms with Crippen molar-refractivity contribution in [1.29, 1.82) is 0 Å². The predicted octanol–water partition coefficient (Wildman–Crippen LogP) is 3.61. The Balaban J connectivity index is 2.17. The van der Waals surface area contributed by atoms with Gasteiger partial charge in [-0.15, -0.1) is 0 Å². The number of hydrogen-bond donors (Lipinski definition) is 1. The maximum absolute atomic E-state index is 10.1. The van der Waals surface area contributed by atoms with Crippen LogP contribution >= 0.6 is 0 Å². The van der Waals surface area contributed by atoms with Crippen LogP contribution in [-0.4, -0.2) is 11.2 Å². The molecule has 0 unspecified atom stereocenters. The molecule has 0 heterocycles. The van der Waals surface area contributed by atoms with Crippen LogP contribution in [0.25, 0.3) is 0 Å². The third kappa shape index (κ3) is 1.73. The van der Waals surface area contributed by atoms with Crippen molar-refractivity contribution >= 4 is 0 Å². The van der Waals surface area contributed by atoms with Crippen LogP contribution in [0.3, 0.4) is 0 Å². The standard InChI is InChI=1S/C14H26O/c1-4-10(2)11-7-8-12-13(15)6-5-9-14(11,12)3/h10-13,15H,4-9H2,1-3H3/t10-,11-,12+,13+,14-/m1/s1. The Morgan fingerprint density at radius 2 is 2.07 bits per heavy atom. The van der Waals surface area contributed by atoms with Gasteiger partial charge in [0.25, 0.3) is 0 Å². The first kappa shape index (κ1) is 11.4. The van der Waals surface area contributed by atoms with E-state index in [-0.39, 0.29) is 6.10 Å². The fraction of sp³-hybridized carbons (Fsp3) is 1.00. The van der Waals surface area contributed by atoms with Crippen molar-refractivity contribution in [2.24, 2.45) is 23.2 Å². The summed E-state index contributed by atoms with van der Waals surface area (Å²) in [4.78, 5) is 0. The molecular weight excluding hydrogens is 184 g/mol. The summed E-state index contributed by atoms with van der Waals surface area (Å²) in [6.07, 6.45) is 7.55. The number of rotatable bonds is 2. The first-order chi connectivity index (χ1) is 7.09. The molecule has 1 heteroatoms. The molecule has 0 aromatic carbocycles. The van der Waals surface area contributed by atoms with Crippen LogP contribution in [0.15, 0.2) is 0 Å². The van der Waals surface area contributed by atoms with E-state index in [2.05, 4.69) is 20.8 Å². The summed E-state index contributed by atoms with van der Waals surface area (Å²) in [7, 11) is 0. The zero-order valence-corrected chi connectivity index (χ0v) is 10.5. The third-order valence-electron chi connectivity index (χ3n) is 5.49. The second-order valence-corrected chi connectivity index (χ2v) is 6.14. The van der Waals surface area contributed by atoms with Crippen molar-refractivity contribution < 1.29 is 5.11 Å². The molecule has 0 aromatic rings. The van der Waals surface area contributed by atoms with Crippen LogP contribution in [0.2, 0.25) is 0 Å². The molecule has 0 bridgehead atoms. The van der Waals surface area contributed by atoms with Crippen molar-refractivity contribution in [1.82, 2.24) is 0 Å². The van der Waals surface area contributed by atoms with Gasteiger partial charge in [-0.05, 0) is 48.9 Å². The van der Waals surface area contributed by atoms with E-state index in [4.69, 9.17) is 0 Å². The summed E-state index contributed by atoms with van der Waals surface area (Å²) in [5.74, 6) is 2.30. The minimum absolute atomic E-state index is 0.00203. The number of fused-ring (bicyclic) bond motifs is 1. The average Bonchev–Trinajstić information content (AvgIpc) is 2.56. The molecule has 0 aliphatic heterocycles. The maximum atomic E-state index is 10.1. The normalized spacial score (nSPS) is 47.6. The Morgan fingerprint density at radius 3 is 2.73 bits per heavy atom. The van der Waals surface area contributed by atoms with Crippen molar-refractivity contribution in [2.75, 3.05) is 0 Å². The molecule has 5 atom stereocenters.